The van der Waals surface area contributed by atoms with Crippen molar-refractivity contribution in [3.63, 3.8) is 0 Å². The molecule has 0 unspecified atom stereocenters. The van der Waals surface area contributed by atoms with Crippen LogP contribution in [-0.4, -0.2) is 41.9 Å². The molecule has 0 saturated carbocycles. The Balaban J connectivity index is 1.15. The van der Waals surface area contributed by atoms with Gasteiger partial charge >= 0.3 is 0 Å². The average molecular weight is 416 g/mol. The number of hydrogen-bond acceptors (Lipinski definition) is 5. The van der Waals surface area contributed by atoms with E-state index in [1.54, 1.807) is 18.4 Å². The van der Waals surface area contributed by atoms with Crippen LogP contribution in [0.25, 0.3) is 10.8 Å². The van der Waals surface area contributed by atoms with E-state index in [1.807, 2.05) is 47.4 Å². The van der Waals surface area contributed by atoms with Crippen molar-refractivity contribution in [1.82, 2.24) is 9.80 Å². The predicted molar refractivity (Wildman–Crippen MR) is 117 cm³/mol. The maximum Gasteiger partial charge on any atom is 0.289 e. The van der Waals surface area contributed by atoms with Crippen LogP contribution < -0.4 is 4.74 Å². The molecule has 2 aromatic heterocycles. The fourth-order valence-electron chi connectivity index (χ4n) is 3.87. The molecule has 0 spiro atoms. The maximum absolute atomic E-state index is 12.8. The summed E-state index contributed by atoms with van der Waals surface area (Å²) in [5, 5.41) is 2.30. The Hall–Kier alpha value is -3.51. The van der Waals surface area contributed by atoms with E-state index in [-0.39, 0.29) is 12.5 Å². The lowest BCUT2D eigenvalue weighted by Gasteiger charge is -2.33. The van der Waals surface area contributed by atoms with Gasteiger partial charge < -0.3 is 18.5 Å². The summed E-state index contributed by atoms with van der Waals surface area (Å²) in [5.74, 6) is 2.64. The second kappa shape index (κ2) is 8.70. The van der Waals surface area contributed by atoms with Gasteiger partial charge in [0.25, 0.3) is 5.91 Å². The summed E-state index contributed by atoms with van der Waals surface area (Å²) in [7, 11) is 0. The Labute approximate surface area is 180 Å². The number of amides is 1. The molecule has 1 fully saturated rings. The second-order valence-electron chi connectivity index (χ2n) is 7.71. The Morgan fingerprint density at radius 1 is 0.871 bits per heavy atom. The Bertz CT molecular complexity index is 1160. The zero-order valence-electron chi connectivity index (χ0n) is 17.2. The van der Waals surface area contributed by atoms with E-state index in [0.29, 0.717) is 24.6 Å². The number of fused-ring (bicyclic) bond motifs is 1. The molecule has 0 bridgehead atoms. The van der Waals surface area contributed by atoms with Crippen molar-refractivity contribution in [3.8, 4) is 5.75 Å². The first-order valence-electron chi connectivity index (χ1n) is 10.5. The fraction of sp³-hybridized carbons (Fsp3) is 0.240. The van der Waals surface area contributed by atoms with Crippen molar-refractivity contribution < 1.29 is 18.4 Å². The van der Waals surface area contributed by atoms with Crippen molar-refractivity contribution in [1.29, 1.82) is 0 Å². The fourth-order valence-corrected chi connectivity index (χ4v) is 3.87. The highest BCUT2D eigenvalue weighted by Gasteiger charge is 2.24. The largest absolute Gasteiger partial charge is 0.486 e. The predicted octanol–water partition coefficient (Wildman–Crippen LogP) is 4.56. The molecule has 4 aromatic rings. The van der Waals surface area contributed by atoms with Crippen LogP contribution in [-0.2, 0) is 13.2 Å². The third-order valence-electron chi connectivity index (χ3n) is 5.59. The first-order valence-corrected chi connectivity index (χ1v) is 10.5. The Kier molecular flexibility index (Phi) is 5.46. The van der Waals surface area contributed by atoms with Crippen LogP contribution in [0.5, 0.6) is 5.75 Å². The molecular formula is C25H24N2O4. The van der Waals surface area contributed by atoms with Crippen LogP contribution in [0.15, 0.2) is 81.8 Å². The van der Waals surface area contributed by atoms with Crippen molar-refractivity contribution in [2.75, 3.05) is 26.2 Å². The highest BCUT2D eigenvalue weighted by Crippen LogP contribution is 2.22. The van der Waals surface area contributed by atoms with Gasteiger partial charge in [0.1, 0.15) is 23.9 Å². The number of hydrogen-bond donors (Lipinski definition) is 0. The molecule has 5 rings (SSSR count). The van der Waals surface area contributed by atoms with Gasteiger partial charge in [-0.05, 0) is 47.2 Å². The van der Waals surface area contributed by atoms with E-state index in [4.69, 9.17) is 13.6 Å². The van der Waals surface area contributed by atoms with Gasteiger partial charge in [-0.25, -0.2) is 0 Å². The smallest absolute Gasteiger partial charge is 0.289 e. The van der Waals surface area contributed by atoms with Crippen molar-refractivity contribution in [3.05, 3.63) is 90.3 Å². The second-order valence-corrected chi connectivity index (χ2v) is 7.71. The van der Waals surface area contributed by atoms with Gasteiger partial charge in [-0.1, -0.05) is 30.3 Å². The molecule has 0 atom stereocenters. The molecule has 158 valence electrons. The van der Waals surface area contributed by atoms with Gasteiger partial charge in [-0.3, -0.25) is 9.69 Å². The molecule has 1 amide bonds. The molecule has 6 heteroatoms. The molecule has 31 heavy (non-hydrogen) atoms. The number of ether oxygens (including phenoxy) is 1. The van der Waals surface area contributed by atoms with E-state index < -0.39 is 0 Å². The lowest BCUT2D eigenvalue weighted by atomic mass is 10.1. The van der Waals surface area contributed by atoms with Gasteiger partial charge in [0.05, 0.1) is 12.8 Å². The quantitative estimate of drug-likeness (QED) is 0.461. The van der Waals surface area contributed by atoms with Crippen LogP contribution in [0, 0.1) is 0 Å². The van der Waals surface area contributed by atoms with Crippen LogP contribution in [0.2, 0.25) is 0 Å². The molecule has 2 aromatic carbocycles. The van der Waals surface area contributed by atoms with Gasteiger partial charge in [-0.2, -0.15) is 0 Å². The summed E-state index contributed by atoms with van der Waals surface area (Å²) in [6.07, 6.45) is 1.69. The Morgan fingerprint density at radius 3 is 2.52 bits per heavy atom. The van der Waals surface area contributed by atoms with Crippen LogP contribution >= 0.6 is 0 Å². The molecule has 6 nitrogen and oxygen atoms in total. The minimum atomic E-state index is -0.0744. The Morgan fingerprint density at radius 2 is 1.71 bits per heavy atom. The van der Waals surface area contributed by atoms with E-state index in [2.05, 4.69) is 17.0 Å². The number of nitrogens with zero attached hydrogens (tertiary/aromatic N) is 2. The van der Waals surface area contributed by atoms with E-state index in [1.165, 1.54) is 5.39 Å². The van der Waals surface area contributed by atoms with Gasteiger partial charge in [0, 0.05) is 26.2 Å². The summed E-state index contributed by atoms with van der Waals surface area (Å²) in [6, 6.07) is 21.5. The third-order valence-corrected chi connectivity index (χ3v) is 5.59. The molecule has 0 N–H and O–H groups in total. The van der Waals surface area contributed by atoms with Crippen LogP contribution in [0.3, 0.4) is 0 Å². The summed E-state index contributed by atoms with van der Waals surface area (Å²) in [6.45, 7) is 4.01. The lowest BCUT2D eigenvalue weighted by molar-refractivity contribution is 0.0586. The molecule has 0 aliphatic carbocycles. The van der Waals surface area contributed by atoms with Crippen LogP contribution in [0.4, 0.5) is 0 Å². The zero-order chi connectivity index (χ0) is 21.0. The molecule has 1 aliphatic rings. The lowest BCUT2D eigenvalue weighted by Crippen LogP contribution is -2.48. The summed E-state index contributed by atoms with van der Waals surface area (Å²) in [4.78, 5) is 16.9. The first kappa shape index (κ1) is 19.5. The first-order chi connectivity index (χ1) is 15.2. The van der Waals surface area contributed by atoms with Gasteiger partial charge in [-0.15, -0.1) is 0 Å². The van der Waals surface area contributed by atoms with Gasteiger partial charge in [0.2, 0.25) is 0 Å². The van der Waals surface area contributed by atoms with E-state index in [9.17, 15) is 4.79 Å². The SMILES string of the molecule is O=C(c1ccc(COc2ccc3ccccc3c2)o1)N1CCN(Cc2ccco2)CC1. The number of carbonyl (C=O) groups excluding carboxylic acids is 1. The minimum absolute atomic E-state index is 0.0744. The normalized spacial score (nSPS) is 14.8. The number of piperazine rings is 1. The molecule has 0 radical (unpaired) electrons. The summed E-state index contributed by atoms with van der Waals surface area (Å²) in [5.41, 5.74) is 0. The van der Waals surface area contributed by atoms with Crippen molar-refractivity contribution >= 4 is 16.7 Å². The minimum Gasteiger partial charge on any atom is -0.486 e. The van der Waals surface area contributed by atoms with Gasteiger partial charge in [0.15, 0.2) is 5.76 Å². The maximum atomic E-state index is 12.8. The van der Waals surface area contributed by atoms with E-state index in [0.717, 1.165) is 36.5 Å². The summed E-state index contributed by atoms with van der Waals surface area (Å²) < 4.78 is 17.1. The zero-order valence-corrected chi connectivity index (χ0v) is 17.2. The number of furan rings is 2. The highest BCUT2D eigenvalue weighted by molar-refractivity contribution is 5.91. The molecular weight excluding hydrogens is 392 g/mol. The average Bonchev–Trinajstić information content (AvgIpc) is 3.50. The number of rotatable bonds is 6. The number of benzene rings is 2. The molecule has 3 heterocycles. The van der Waals surface area contributed by atoms with Crippen molar-refractivity contribution in [2.45, 2.75) is 13.2 Å². The topological polar surface area (TPSA) is 59.1 Å². The monoisotopic (exact) mass is 416 g/mol. The number of carbonyl (C=O) groups is 1. The van der Waals surface area contributed by atoms with E-state index >= 15 is 0 Å². The summed E-state index contributed by atoms with van der Waals surface area (Å²) >= 11 is 0. The molecule has 1 saturated heterocycles. The van der Waals surface area contributed by atoms with Crippen LogP contribution in [0.1, 0.15) is 22.1 Å². The highest BCUT2D eigenvalue weighted by atomic mass is 16.5. The molecule has 1 aliphatic heterocycles. The standard InChI is InChI=1S/C25H24N2O4/c28-25(27-13-11-26(12-14-27)17-22-6-3-15-29-22)24-10-9-23(31-24)18-30-21-8-7-19-4-1-2-5-20(19)16-21/h1-10,15-16H,11-14,17-18H2. The third kappa shape index (κ3) is 4.49. The van der Waals surface area contributed by atoms with Crippen molar-refractivity contribution in [2.24, 2.45) is 0 Å².